The molecule has 0 aromatic carbocycles. The molecule has 0 aromatic heterocycles. The zero-order valence-corrected chi connectivity index (χ0v) is 29.9. The van der Waals surface area contributed by atoms with Crippen LogP contribution in [0.1, 0.15) is 221 Å². The van der Waals surface area contributed by atoms with Gasteiger partial charge in [0.25, 0.3) is 0 Å². The van der Waals surface area contributed by atoms with E-state index in [0.29, 0.717) is 12.8 Å². The van der Waals surface area contributed by atoms with Crippen LogP contribution in [-0.4, -0.2) is 11.9 Å². The quantitative estimate of drug-likeness (QED) is 0.0348. The number of carbonyl (C=O) groups is 2. The van der Waals surface area contributed by atoms with Crippen molar-refractivity contribution in [3.63, 3.8) is 0 Å². The van der Waals surface area contributed by atoms with E-state index in [2.05, 4.69) is 13.8 Å². The van der Waals surface area contributed by atoms with Gasteiger partial charge in [-0.05, 0) is 12.8 Å². The second-order valence-corrected chi connectivity index (χ2v) is 12.2. The first kappa shape index (κ1) is 42.3. The summed E-state index contributed by atoms with van der Waals surface area (Å²) in [5, 5.41) is 0. The van der Waals surface area contributed by atoms with Crippen molar-refractivity contribution in [3.05, 3.63) is 0 Å². The van der Waals surface area contributed by atoms with Gasteiger partial charge >= 0.3 is 41.5 Å². The van der Waals surface area contributed by atoms with Crippen LogP contribution in [0.25, 0.3) is 0 Å². The topological polar surface area (TPSA) is 43.4 Å². The minimum atomic E-state index is -0.323. The Bertz CT molecular complexity index is 471. The van der Waals surface area contributed by atoms with E-state index in [1.807, 2.05) is 0 Å². The Morgan fingerprint density at radius 1 is 0.350 bits per heavy atom. The third kappa shape index (κ3) is 36.2. The van der Waals surface area contributed by atoms with E-state index in [0.717, 1.165) is 25.7 Å². The van der Waals surface area contributed by atoms with Crippen LogP contribution in [0.4, 0.5) is 0 Å². The summed E-state index contributed by atoms with van der Waals surface area (Å²) in [6.07, 6.45) is 40.1. The van der Waals surface area contributed by atoms with E-state index in [1.54, 1.807) is 0 Å². The van der Waals surface area contributed by atoms with Crippen molar-refractivity contribution in [1.29, 1.82) is 0 Å². The molecule has 0 aromatic rings. The first-order valence-corrected chi connectivity index (χ1v) is 17.9. The summed E-state index contributed by atoms with van der Waals surface area (Å²) < 4.78 is 5.01. The Morgan fingerprint density at radius 2 is 0.525 bits per heavy atom. The van der Waals surface area contributed by atoms with Gasteiger partial charge in [0.05, 0.1) is 0 Å². The molecule has 0 aliphatic rings. The molecule has 0 bridgehead atoms. The Balaban J connectivity index is -0.00000722. The fourth-order valence-corrected chi connectivity index (χ4v) is 5.51. The summed E-state index contributed by atoms with van der Waals surface area (Å²) in [6, 6.07) is 0. The third-order valence-corrected chi connectivity index (χ3v) is 8.20. The monoisotopic (exact) mass is 575 g/mol. The van der Waals surface area contributed by atoms with Crippen molar-refractivity contribution in [2.24, 2.45) is 0 Å². The van der Waals surface area contributed by atoms with Crippen LogP contribution in [-0.2, 0) is 14.3 Å². The normalized spacial score (nSPS) is 10.9. The number of unbranched alkanes of at least 4 members (excludes halogenated alkanes) is 28. The number of rotatable bonds is 32. The maximum atomic E-state index is 11.9. The molecule has 0 heterocycles. The Hall–Kier alpha value is 0.140. The maximum absolute atomic E-state index is 11.9. The molecule has 3 nitrogen and oxygen atoms in total. The van der Waals surface area contributed by atoms with E-state index in [9.17, 15) is 9.59 Å². The van der Waals surface area contributed by atoms with E-state index in [-0.39, 0.29) is 42.9 Å². The molecule has 0 amide bonds. The van der Waals surface area contributed by atoms with Gasteiger partial charge in [-0.1, -0.05) is 194 Å². The van der Waals surface area contributed by atoms with Crippen molar-refractivity contribution in [2.75, 3.05) is 0 Å². The molecular formula is C36H71NaO3. The Morgan fingerprint density at radius 3 is 0.725 bits per heavy atom. The van der Waals surface area contributed by atoms with Gasteiger partial charge in [-0.15, -0.1) is 0 Å². The minimum absolute atomic E-state index is 0. The van der Waals surface area contributed by atoms with E-state index in [4.69, 9.17) is 4.74 Å². The van der Waals surface area contributed by atoms with Crippen molar-refractivity contribution in [2.45, 2.75) is 219 Å². The van der Waals surface area contributed by atoms with E-state index < -0.39 is 0 Å². The molecule has 234 valence electrons. The van der Waals surface area contributed by atoms with Crippen molar-refractivity contribution in [1.82, 2.24) is 0 Å². The maximum Gasteiger partial charge on any atom is 1.00 e. The molecule has 0 unspecified atom stereocenters. The summed E-state index contributed by atoms with van der Waals surface area (Å²) in [6.45, 7) is 4.55. The predicted octanol–water partition coefficient (Wildman–Crippen LogP) is 9.70. The van der Waals surface area contributed by atoms with Crippen LogP contribution >= 0.6 is 0 Å². The Labute approximate surface area is 275 Å². The van der Waals surface area contributed by atoms with Gasteiger partial charge in [0.15, 0.2) is 0 Å². The number of hydrogen-bond donors (Lipinski definition) is 0. The molecule has 0 aliphatic heterocycles. The number of ether oxygens (including phenoxy) is 1. The van der Waals surface area contributed by atoms with Crippen LogP contribution in [0.3, 0.4) is 0 Å². The molecule has 0 saturated carbocycles. The van der Waals surface area contributed by atoms with Crippen LogP contribution in [0.15, 0.2) is 0 Å². The molecule has 0 spiro atoms. The molecular weight excluding hydrogens is 503 g/mol. The van der Waals surface area contributed by atoms with Crippen LogP contribution in [0.5, 0.6) is 0 Å². The molecule has 40 heavy (non-hydrogen) atoms. The van der Waals surface area contributed by atoms with Gasteiger partial charge in [-0.2, -0.15) is 0 Å². The van der Waals surface area contributed by atoms with Gasteiger partial charge in [0.1, 0.15) is 0 Å². The number of hydrogen-bond acceptors (Lipinski definition) is 3. The fourth-order valence-electron chi connectivity index (χ4n) is 5.51. The van der Waals surface area contributed by atoms with Gasteiger partial charge in [-0.3, -0.25) is 9.59 Å². The summed E-state index contributed by atoms with van der Waals surface area (Å²) in [7, 11) is 0. The van der Waals surface area contributed by atoms with Gasteiger partial charge in [0, 0.05) is 12.8 Å². The first-order valence-electron chi connectivity index (χ1n) is 17.9. The first-order chi connectivity index (χ1) is 19.2. The largest absolute Gasteiger partial charge is 1.00 e. The molecule has 0 aliphatic carbocycles. The average Bonchev–Trinajstić information content (AvgIpc) is 2.93. The molecule has 0 radical (unpaired) electrons. The molecule has 0 fully saturated rings. The summed E-state index contributed by atoms with van der Waals surface area (Å²) in [4.78, 5) is 23.8. The SMILES string of the molecule is CCCCCCCCCCCCCCCCCC(=O)OC(=O)CCCCCCCCCCCCCCCCC.[H-].[Na+]. The zero-order chi connectivity index (χ0) is 28.5. The van der Waals surface area contributed by atoms with Gasteiger partial charge in [0.2, 0.25) is 0 Å². The van der Waals surface area contributed by atoms with Crippen molar-refractivity contribution < 1.29 is 45.3 Å². The second-order valence-electron chi connectivity index (χ2n) is 12.2. The van der Waals surface area contributed by atoms with Crippen LogP contribution in [0, 0.1) is 0 Å². The van der Waals surface area contributed by atoms with Gasteiger partial charge in [-0.25, -0.2) is 0 Å². The van der Waals surface area contributed by atoms with E-state index >= 15 is 0 Å². The van der Waals surface area contributed by atoms with Gasteiger partial charge < -0.3 is 6.16 Å². The average molecular weight is 575 g/mol. The van der Waals surface area contributed by atoms with Crippen LogP contribution < -0.4 is 29.6 Å². The standard InChI is InChI=1S/C36H70O3.Na.H/c1-3-5-7-9-11-13-15-17-19-21-23-25-27-29-31-33-35(37)39-36(38)34-32-30-28-26-24-22-20-18-16-14-12-10-8-6-4-2;;/h3-34H2,1-2H3;;/q;+1;-1. The molecule has 0 atom stereocenters. The summed E-state index contributed by atoms with van der Waals surface area (Å²) in [5.74, 6) is -0.647. The van der Waals surface area contributed by atoms with Crippen molar-refractivity contribution >= 4 is 11.9 Å². The Kier molecular flexibility index (Phi) is 39.3. The predicted molar refractivity (Wildman–Crippen MR) is 171 cm³/mol. The molecule has 0 saturated heterocycles. The third-order valence-electron chi connectivity index (χ3n) is 8.20. The molecule has 4 heteroatoms. The minimum Gasteiger partial charge on any atom is -1.00 e. The van der Waals surface area contributed by atoms with Crippen molar-refractivity contribution in [3.8, 4) is 0 Å². The molecule has 0 N–H and O–H groups in total. The van der Waals surface area contributed by atoms with E-state index in [1.165, 1.54) is 167 Å². The smallest absolute Gasteiger partial charge is 1.00 e. The summed E-state index contributed by atoms with van der Waals surface area (Å²) >= 11 is 0. The fraction of sp³-hybridized carbons (Fsp3) is 0.944. The number of esters is 2. The zero-order valence-electron chi connectivity index (χ0n) is 28.9. The molecule has 0 rings (SSSR count). The second kappa shape index (κ2) is 37.2. The number of carbonyl (C=O) groups excluding carboxylic acids is 2. The van der Waals surface area contributed by atoms with Crippen LogP contribution in [0.2, 0.25) is 0 Å². The summed E-state index contributed by atoms with van der Waals surface area (Å²) in [5.41, 5.74) is 0.